The van der Waals surface area contributed by atoms with Crippen LogP contribution < -0.4 is 5.32 Å². The molecule has 1 atom stereocenters. The molecule has 1 fully saturated rings. The Labute approximate surface area is 175 Å². The van der Waals surface area contributed by atoms with Gasteiger partial charge in [-0.1, -0.05) is 43.8 Å². The number of nitrogens with one attached hydrogen (secondary N) is 2. The van der Waals surface area contributed by atoms with Crippen LogP contribution in [0.3, 0.4) is 0 Å². The lowest BCUT2D eigenvalue weighted by molar-refractivity contribution is -0.119. The average Bonchev–Trinajstić information content (AvgIpc) is 3.31. The molecule has 0 unspecified atom stereocenters. The summed E-state index contributed by atoms with van der Waals surface area (Å²) in [7, 11) is 0. The van der Waals surface area contributed by atoms with E-state index in [4.69, 9.17) is 0 Å². The van der Waals surface area contributed by atoms with Gasteiger partial charge in [0.2, 0.25) is 5.91 Å². The Morgan fingerprint density at radius 1 is 1.24 bits per heavy atom. The molecule has 3 aromatic rings. The number of aromatic amines is 1. The van der Waals surface area contributed by atoms with Crippen molar-refractivity contribution >= 4 is 28.6 Å². The van der Waals surface area contributed by atoms with E-state index in [1.807, 2.05) is 18.3 Å². The summed E-state index contributed by atoms with van der Waals surface area (Å²) in [6.45, 7) is 6.49. The quantitative estimate of drug-likeness (QED) is 0.496. The standard InChI is InChI=1S/C22H29N5OS/c1-14(2)8-9-15(3)24-20(28)13-29-22-26-25-21(27(22)16-10-11-16)18-12-23-19-7-5-4-6-17(18)19/h4-7,12,14-16,23H,8-11,13H2,1-3H3,(H,24,28)/t15-/m0/s1. The van der Waals surface area contributed by atoms with Gasteiger partial charge in [0.05, 0.1) is 5.75 Å². The number of rotatable bonds is 9. The molecule has 2 N–H and O–H groups in total. The molecular formula is C22H29N5OS. The molecule has 1 saturated carbocycles. The Morgan fingerprint density at radius 2 is 2.03 bits per heavy atom. The maximum atomic E-state index is 12.4. The normalized spacial score (nSPS) is 15.2. The molecule has 1 amide bonds. The van der Waals surface area contributed by atoms with Crippen LogP contribution in [0.1, 0.15) is 52.5 Å². The molecule has 1 aliphatic carbocycles. The van der Waals surface area contributed by atoms with Gasteiger partial charge in [-0.05, 0) is 44.6 Å². The van der Waals surface area contributed by atoms with Crippen molar-refractivity contribution in [2.75, 3.05) is 5.75 Å². The minimum absolute atomic E-state index is 0.0604. The van der Waals surface area contributed by atoms with Crippen molar-refractivity contribution in [3.05, 3.63) is 30.5 Å². The Balaban J connectivity index is 1.46. The van der Waals surface area contributed by atoms with E-state index in [0.29, 0.717) is 17.7 Å². The summed E-state index contributed by atoms with van der Waals surface area (Å²) in [6.07, 6.45) is 6.42. The number of thioether (sulfide) groups is 1. The van der Waals surface area contributed by atoms with Crippen LogP contribution in [-0.4, -0.2) is 37.5 Å². The van der Waals surface area contributed by atoms with Gasteiger partial charge in [0.25, 0.3) is 0 Å². The first-order valence-corrected chi connectivity index (χ1v) is 11.4. The largest absolute Gasteiger partial charge is 0.360 e. The maximum Gasteiger partial charge on any atom is 0.230 e. The first-order chi connectivity index (χ1) is 14.0. The first-order valence-electron chi connectivity index (χ1n) is 10.5. The van der Waals surface area contributed by atoms with Crippen molar-refractivity contribution in [2.24, 2.45) is 5.92 Å². The molecule has 1 aliphatic rings. The topological polar surface area (TPSA) is 75.6 Å². The van der Waals surface area contributed by atoms with Gasteiger partial charge in [0, 0.05) is 34.7 Å². The van der Waals surface area contributed by atoms with Gasteiger partial charge in [0.15, 0.2) is 11.0 Å². The third-order valence-electron chi connectivity index (χ3n) is 5.32. The van der Waals surface area contributed by atoms with Crippen LogP contribution in [0.25, 0.3) is 22.3 Å². The van der Waals surface area contributed by atoms with Crippen LogP contribution in [0.15, 0.2) is 35.6 Å². The second kappa shape index (κ2) is 8.61. The fourth-order valence-corrected chi connectivity index (χ4v) is 4.40. The number of carbonyl (C=O) groups excluding carboxylic acids is 1. The SMILES string of the molecule is CC(C)CC[C@H](C)NC(=O)CSc1nnc(-c2c[nH]c3ccccc23)n1C1CC1. The minimum atomic E-state index is 0.0604. The van der Waals surface area contributed by atoms with Crippen LogP contribution in [0, 0.1) is 5.92 Å². The van der Waals surface area contributed by atoms with E-state index in [1.54, 1.807) is 0 Å². The number of fused-ring (bicyclic) bond motifs is 1. The Morgan fingerprint density at radius 3 is 2.79 bits per heavy atom. The maximum absolute atomic E-state index is 12.4. The second-order valence-electron chi connectivity index (χ2n) is 8.38. The van der Waals surface area contributed by atoms with Crippen molar-refractivity contribution in [3.8, 4) is 11.4 Å². The summed E-state index contributed by atoms with van der Waals surface area (Å²) in [5, 5.41) is 14.0. The highest BCUT2D eigenvalue weighted by Crippen LogP contribution is 2.42. The molecule has 0 aliphatic heterocycles. The lowest BCUT2D eigenvalue weighted by Crippen LogP contribution is -2.34. The van der Waals surface area contributed by atoms with E-state index < -0.39 is 0 Å². The zero-order valence-electron chi connectivity index (χ0n) is 17.3. The summed E-state index contributed by atoms with van der Waals surface area (Å²) < 4.78 is 2.22. The monoisotopic (exact) mass is 411 g/mol. The average molecular weight is 412 g/mol. The third-order valence-corrected chi connectivity index (χ3v) is 6.27. The van der Waals surface area contributed by atoms with Crippen molar-refractivity contribution in [1.29, 1.82) is 0 Å². The van der Waals surface area contributed by atoms with Gasteiger partial charge in [-0.15, -0.1) is 10.2 Å². The molecule has 1 aromatic carbocycles. The summed E-state index contributed by atoms with van der Waals surface area (Å²) >= 11 is 1.48. The number of benzene rings is 1. The van der Waals surface area contributed by atoms with Crippen LogP contribution in [-0.2, 0) is 4.79 Å². The second-order valence-corrected chi connectivity index (χ2v) is 9.33. The number of amides is 1. The fraction of sp³-hybridized carbons (Fsp3) is 0.500. The first kappa shape index (κ1) is 20.0. The lowest BCUT2D eigenvalue weighted by Gasteiger charge is -2.15. The van der Waals surface area contributed by atoms with Gasteiger partial charge >= 0.3 is 0 Å². The molecule has 29 heavy (non-hydrogen) atoms. The number of H-pyrrole nitrogens is 1. The van der Waals surface area contributed by atoms with Gasteiger partial charge in [-0.3, -0.25) is 9.36 Å². The number of para-hydroxylation sites is 1. The molecular weight excluding hydrogens is 382 g/mol. The molecule has 154 valence electrons. The van der Waals surface area contributed by atoms with Crippen molar-refractivity contribution in [2.45, 2.75) is 63.7 Å². The van der Waals surface area contributed by atoms with Crippen molar-refractivity contribution in [1.82, 2.24) is 25.1 Å². The fourth-order valence-electron chi connectivity index (χ4n) is 3.58. The highest BCUT2D eigenvalue weighted by molar-refractivity contribution is 7.99. The Bertz CT molecular complexity index is 988. The molecule has 2 heterocycles. The van der Waals surface area contributed by atoms with E-state index in [2.05, 4.69) is 58.0 Å². The zero-order chi connectivity index (χ0) is 20.4. The molecule has 6 nitrogen and oxygen atoms in total. The highest BCUT2D eigenvalue weighted by atomic mass is 32.2. The van der Waals surface area contributed by atoms with Gasteiger partial charge in [-0.25, -0.2) is 0 Å². The summed E-state index contributed by atoms with van der Waals surface area (Å²) in [5.41, 5.74) is 2.16. The molecule has 0 spiro atoms. The summed E-state index contributed by atoms with van der Waals surface area (Å²) in [6, 6.07) is 8.87. The molecule has 7 heteroatoms. The van der Waals surface area contributed by atoms with Crippen molar-refractivity contribution < 1.29 is 4.79 Å². The summed E-state index contributed by atoms with van der Waals surface area (Å²) in [5.74, 6) is 1.97. The third kappa shape index (κ3) is 4.66. The van der Waals surface area contributed by atoms with Crippen LogP contribution in [0.5, 0.6) is 0 Å². The van der Waals surface area contributed by atoms with E-state index in [1.165, 1.54) is 11.8 Å². The predicted molar refractivity (Wildman–Crippen MR) is 118 cm³/mol. The van der Waals surface area contributed by atoms with Crippen LogP contribution in [0.2, 0.25) is 0 Å². The van der Waals surface area contributed by atoms with Crippen molar-refractivity contribution in [3.63, 3.8) is 0 Å². The van der Waals surface area contributed by atoms with E-state index in [9.17, 15) is 4.79 Å². The lowest BCUT2D eigenvalue weighted by atomic mass is 10.0. The number of nitrogens with zero attached hydrogens (tertiary/aromatic N) is 3. The van der Waals surface area contributed by atoms with E-state index >= 15 is 0 Å². The van der Waals surface area contributed by atoms with Gasteiger partial charge in [0.1, 0.15) is 0 Å². The summed E-state index contributed by atoms with van der Waals surface area (Å²) in [4.78, 5) is 15.7. The van der Waals surface area contributed by atoms with Crippen LogP contribution >= 0.6 is 11.8 Å². The Hall–Kier alpha value is -2.28. The molecule has 4 rings (SSSR count). The van der Waals surface area contributed by atoms with E-state index in [-0.39, 0.29) is 11.9 Å². The number of carbonyl (C=O) groups is 1. The molecule has 2 aromatic heterocycles. The number of hydrogen-bond acceptors (Lipinski definition) is 4. The predicted octanol–water partition coefficient (Wildman–Crippen LogP) is 4.79. The minimum Gasteiger partial charge on any atom is -0.360 e. The zero-order valence-corrected chi connectivity index (χ0v) is 18.1. The van der Waals surface area contributed by atoms with Gasteiger partial charge < -0.3 is 10.3 Å². The smallest absolute Gasteiger partial charge is 0.230 e. The molecule has 0 bridgehead atoms. The van der Waals surface area contributed by atoms with Gasteiger partial charge in [-0.2, -0.15) is 0 Å². The number of hydrogen-bond donors (Lipinski definition) is 2. The number of aromatic nitrogens is 4. The molecule has 0 radical (unpaired) electrons. The Kier molecular flexibility index (Phi) is 5.94. The van der Waals surface area contributed by atoms with E-state index in [0.717, 1.165) is 53.1 Å². The van der Waals surface area contributed by atoms with Crippen LogP contribution in [0.4, 0.5) is 0 Å². The molecule has 0 saturated heterocycles. The highest BCUT2D eigenvalue weighted by Gasteiger charge is 2.31.